The molecule has 4 nitrogen and oxygen atoms in total. The van der Waals surface area contributed by atoms with E-state index >= 15 is 0 Å². The Morgan fingerprint density at radius 1 is 0.839 bits per heavy atom. The van der Waals surface area contributed by atoms with E-state index in [4.69, 9.17) is 9.47 Å². The summed E-state index contributed by atoms with van der Waals surface area (Å²) in [4.78, 5) is 23.4. The van der Waals surface area contributed by atoms with E-state index in [0.29, 0.717) is 17.7 Å². The molecule has 0 saturated heterocycles. The normalized spacial score (nSPS) is 11.1. The minimum atomic E-state index is -0.497. The molecule has 0 aliphatic rings. The van der Waals surface area contributed by atoms with Crippen LogP contribution in [-0.2, 0) is 20.7 Å². The van der Waals surface area contributed by atoms with Gasteiger partial charge in [0.2, 0.25) is 0 Å². The maximum absolute atomic E-state index is 12.1. The number of benzene rings is 2. The first-order chi connectivity index (χ1) is 14.7. The van der Waals surface area contributed by atoms with Crippen molar-refractivity contribution in [3.05, 3.63) is 71.8 Å². The lowest BCUT2D eigenvalue weighted by Crippen LogP contribution is -2.23. The number of ether oxygens (including phenoxy) is 2. The highest BCUT2D eigenvalue weighted by molar-refractivity contribution is 5.90. The first-order valence-corrected chi connectivity index (χ1v) is 10.9. The first-order valence-electron chi connectivity index (χ1n) is 10.9. The molecule has 0 spiro atoms. The second kappa shape index (κ2) is 11.5. The third kappa shape index (κ3) is 8.79. The molecule has 166 valence electrons. The molecule has 31 heavy (non-hydrogen) atoms. The standard InChI is InChI=1S/C27H34O4/c1-20(2)25(28)30-19-9-7-6-8-10-21-11-13-22(14-12-21)23-15-17-24(18-16-23)26(29)31-27(3,4)5/h11-18H,1,6-10,19H2,2-5H3. The lowest BCUT2D eigenvalue weighted by atomic mass is 10.00. The first kappa shape index (κ1) is 24.4. The van der Waals surface area contributed by atoms with Crippen LogP contribution in [0.2, 0.25) is 0 Å². The topological polar surface area (TPSA) is 52.6 Å². The molecule has 0 aliphatic heterocycles. The molecule has 0 amide bonds. The Bertz CT molecular complexity index is 871. The van der Waals surface area contributed by atoms with Crippen LogP contribution in [0.15, 0.2) is 60.7 Å². The Labute approximate surface area is 186 Å². The molecule has 2 rings (SSSR count). The van der Waals surface area contributed by atoms with Crippen molar-refractivity contribution in [1.82, 2.24) is 0 Å². The predicted molar refractivity (Wildman–Crippen MR) is 125 cm³/mol. The summed E-state index contributed by atoms with van der Waals surface area (Å²) in [5.41, 5.74) is 4.01. The molecule has 0 saturated carbocycles. The van der Waals surface area contributed by atoms with E-state index in [-0.39, 0.29) is 11.9 Å². The summed E-state index contributed by atoms with van der Waals surface area (Å²) in [6, 6.07) is 16.1. The quantitative estimate of drug-likeness (QED) is 0.248. The zero-order chi connectivity index (χ0) is 22.9. The Morgan fingerprint density at radius 3 is 1.94 bits per heavy atom. The van der Waals surface area contributed by atoms with Gasteiger partial charge in [0, 0.05) is 5.57 Å². The Kier molecular flexibility index (Phi) is 9.04. The minimum Gasteiger partial charge on any atom is -0.462 e. The van der Waals surface area contributed by atoms with Crippen LogP contribution < -0.4 is 0 Å². The number of carbonyl (C=O) groups excluding carboxylic acids is 2. The van der Waals surface area contributed by atoms with Crippen LogP contribution in [0.5, 0.6) is 0 Å². The maximum atomic E-state index is 12.1. The molecule has 0 N–H and O–H groups in total. The average molecular weight is 423 g/mol. The summed E-state index contributed by atoms with van der Waals surface area (Å²) >= 11 is 0. The molecule has 2 aromatic rings. The number of hydrogen-bond donors (Lipinski definition) is 0. The van der Waals surface area contributed by atoms with Gasteiger partial charge in [-0.1, -0.05) is 55.8 Å². The molecular formula is C27H34O4. The summed E-state index contributed by atoms with van der Waals surface area (Å²) < 4.78 is 10.5. The molecule has 0 aliphatic carbocycles. The van der Waals surface area contributed by atoms with Crippen LogP contribution >= 0.6 is 0 Å². The summed E-state index contributed by atoms with van der Waals surface area (Å²) in [6.45, 7) is 11.3. The van der Waals surface area contributed by atoms with Crippen LogP contribution in [0, 0.1) is 0 Å². The van der Waals surface area contributed by atoms with Gasteiger partial charge in [-0.25, -0.2) is 9.59 Å². The van der Waals surface area contributed by atoms with Crippen molar-refractivity contribution in [3.63, 3.8) is 0 Å². The highest BCUT2D eigenvalue weighted by Gasteiger charge is 2.17. The Morgan fingerprint density at radius 2 is 1.39 bits per heavy atom. The number of hydrogen-bond acceptors (Lipinski definition) is 4. The summed E-state index contributed by atoms with van der Waals surface area (Å²) in [7, 11) is 0. The monoisotopic (exact) mass is 422 g/mol. The predicted octanol–water partition coefficient (Wildman–Crippen LogP) is 6.53. The van der Waals surface area contributed by atoms with Crippen molar-refractivity contribution in [2.24, 2.45) is 0 Å². The molecule has 0 aromatic heterocycles. The highest BCUT2D eigenvalue weighted by atomic mass is 16.6. The number of aryl methyl sites for hydroxylation is 1. The second-order valence-corrected chi connectivity index (χ2v) is 8.86. The molecule has 2 aromatic carbocycles. The van der Waals surface area contributed by atoms with Gasteiger partial charge in [-0.3, -0.25) is 0 Å². The fraction of sp³-hybridized carbons (Fsp3) is 0.407. The van der Waals surface area contributed by atoms with Gasteiger partial charge >= 0.3 is 11.9 Å². The summed E-state index contributed by atoms with van der Waals surface area (Å²) in [5.74, 6) is -0.608. The molecule has 0 bridgehead atoms. The van der Waals surface area contributed by atoms with E-state index in [9.17, 15) is 9.59 Å². The van der Waals surface area contributed by atoms with Gasteiger partial charge in [-0.05, 0) is 75.8 Å². The van der Waals surface area contributed by atoms with Crippen molar-refractivity contribution in [1.29, 1.82) is 0 Å². The van der Waals surface area contributed by atoms with Gasteiger partial charge in [0.05, 0.1) is 12.2 Å². The smallest absolute Gasteiger partial charge is 0.338 e. The number of unbranched alkanes of at least 4 members (excludes halogenated alkanes) is 3. The fourth-order valence-corrected chi connectivity index (χ4v) is 3.07. The lowest BCUT2D eigenvalue weighted by molar-refractivity contribution is -0.139. The van der Waals surface area contributed by atoms with E-state index in [2.05, 4.69) is 30.8 Å². The van der Waals surface area contributed by atoms with Crippen LogP contribution in [0.4, 0.5) is 0 Å². The summed E-state index contributed by atoms with van der Waals surface area (Å²) in [5, 5.41) is 0. The van der Waals surface area contributed by atoms with Crippen molar-refractivity contribution in [3.8, 4) is 11.1 Å². The van der Waals surface area contributed by atoms with E-state index in [1.54, 1.807) is 6.92 Å². The molecular weight excluding hydrogens is 388 g/mol. The highest BCUT2D eigenvalue weighted by Crippen LogP contribution is 2.22. The Hall–Kier alpha value is -2.88. The molecule has 0 unspecified atom stereocenters. The molecule has 4 heteroatoms. The fourth-order valence-electron chi connectivity index (χ4n) is 3.07. The minimum absolute atomic E-state index is 0.302. The zero-order valence-electron chi connectivity index (χ0n) is 19.2. The van der Waals surface area contributed by atoms with Crippen molar-refractivity contribution < 1.29 is 19.1 Å². The third-order valence-electron chi connectivity index (χ3n) is 4.75. The van der Waals surface area contributed by atoms with Gasteiger partial charge < -0.3 is 9.47 Å². The molecule has 0 radical (unpaired) electrons. The van der Waals surface area contributed by atoms with E-state index < -0.39 is 5.60 Å². The van der Waals surface area contributed by atoms with Crippen LogP contribution in [0.25, 0.3) is 11.1 Å². The van der Waals surface area contributed by atoms with Gasteiger partial charge in [-0.2, -0.15) is 0 Å². The largest absolute Gasteiger partial charge is 0.462 e. The van der Waals surface area contributed by atoms with Crippen molar-refractivity contribution in [2.45, 2.75) is 65.4 Å². The van der Waals surface area contributed by atoms with Crippen LogP contribution in [0.1, 0.15) is 69.3 Å². The van der Waals surface area contributed by atoms with Gasteiger partial charge in [0.15, 0.2) is 0 Å². The third-order valence-corrected chi connectivity index (χ3v) is 4.75. The Balaban J connectivity index is 1.76. The van der Waals surface area contributed by atoms with Crippen LogP contribution in [0.3, 0.4) is 0 Å². The van der Waals surface area contributed by atoms with Crippen LogP contribution in [-0.4, -0.2) is 24.1 Å². The maximum Gasteiger partial charge on any atom is 0.338 e. The number of carbonyl (C=O) groups is 2. The average Bonchev–Trinajstić information content (AvgIpc) is 2.72. The van der Waals surface area contributed by atoms with E-state index in [0.717, 1.165) is 43.2 Å². The van der Waals surface area contributed by atoms with Crippen molar-refractivity contribution >= 4 is 11.9 Å². The SMILES string of the molecule is C=C(C)C(=O)OCCCCCCc1ccc(-c2ccc(C(=O)OC(C)(C)C)cc2)cc1. The number of rotatable bonds is 10. The molecule has 0 heterocycles. The summed E-state index contributed by atoms with van der Waals surface area (Å²) in [6.07, 6.45) is 5.18. The van der Waals surface area contributed by atoms with Gasteiger partial charge in [0.25, 0.3) is 0 Å². The zero-order valence-corrected chi connectivity index (χ0v) is 19.2. The number of esters is 2. The molecule has 0 fully saturated rings. The van der Waals surface area contributed by atoms with Gasteiger partial charge in [0.1, 0.15) is 5.60 Å². The lowest BCUT2D eigenvalue weighted by Gasteiger charge is -2.19. The van der Waals surface area contributed by atoms with E-state index in [1.807, 2.05) is 45.0 Å². The second-order valence-electron chi connectivity index (χ2n) is 8.86. The van der Waals surface area contributed by atoms with Gasteiger partial charge in [-0.15, -0.1) is 0 Å². The van der Waals surface area contributed by atoms with E-state index in [1.165, 1.54) is 5.56 Å². The molecule has 0 atom stereocenters. The van der Waals surface area contributed by atoms with Crippen molar-refractivity contribution in [2.75, 3.05) is 6.61 Å².